The molecule has 1 saturated heterocycles. The van der Waals surface area contributed by atoms with Crippen LogP contribution in [0, 0.1) is 16.0 Å². The molecule has 5 nitrogen and oxygen atoms in total. The van der Waals surface area contributed by atoms with E-state index in [0.717, 1.165) is 31.7 Å². The number of nitrogens with one attached hydrogen (secondary N) is 1. The molecule has 2 aliphatic rings. The van der Waals surface area contributed by atoms with Crippen LogP contribution in [0.4, 0.5) is 5.69 Å². The van der Waals surface area contributed by atoms with Crippen LogP contribution in [-0.4, -0.2) is 36.0 Å². The Labute approximate surface area is 142 Å². The molecule has 1 aliphatic heterocycles. The predicted octanol–water partition coefficient (Wildman–Crippen LogP) is 3.77. The van der Waals surface area contributed by atoms with Crippen LogP contribution < -0.4 is 5.32 Å². The molecule has 1 aromatic carbocycles. The summed E-state index contributed by atoms with van der Waals surface area (Å²) in [6.07, 6.45) is 6.17. The van der Waals surface area contributed by atoms with Gasteiger partial charge in [-0.2, -0.15) is 0 Å². The second-order valence-electron chi connectivity index (χ2n) is 6.59. The van der Waals surface area contributed by atoms with Crippen LogP contribution in [0.2, 0.25) is 5.02 Å². The average Bonchev–Trinajstić information content (AvgIpc) is 2.58. The minimum atomic E-state index is -0.324. The number of benzene rings is 1. The summed E-state index contributed by atoms with van der Waals surface area (Å²) in [4.78, 5) is 13.3. The van der Waals surface area contributed by atoms with Crippen molar-refractivity contribution in [3.63, 3.8) is 0 Å². The molecule has 0 bridgehead atoms. The molecule has 1 N–H and O–H groups in total. The number of hydrogen-bond acceptors (Lipinski definition) is 4. The largest absolute Gasteiger partial charge is 0.314 e. The highest BCUT2D eigenvalue weighted by molar-refractivity contribution is 6.31. The van der Waals surface area contributed by atoms with Crippen molar-refractivity contribution in [1.82, 2.24) is 10.2 Å². The second kappa shape index (κ2) is 7.60. The molecule has 23 heavy (non-hydrogen) atoms. The van der Waals surface area contributed by atoms with Gasteiger partial charge in [-0.05, 0) is 30.4 Å². The maximum absolute atomic E-state index is 11.2. The van der Waals surface area contributed by atoms with Gasteiger partial charge < -0.3 is 5.32 Å². The van der Waals surface area contributed by atoms with Crippen LogP contribution in [0.3, 0.4) is 0 Å². The van der Waals surface area contributed by atoms with Crippen molar-refractivity contribution in [2.45, 2.75) is 38.1 Å². The zero-order valence-corrected chi connectivity index (χ0v) is 14.1. The number of nitro groups is 1. The van der Waals surface area contributed by atoms with Crippen LogP contribution in [-0.2, 0) is 0 Å². The van der Waals surface area contributed by atoms with Gasteiger partial charge in [0.15, 0.2) is 0 Å². The first-order valence-electron chi connectivity index (χ1n) is 8.55. The highest BCUT2D eigenvalue weighted by Crippen LogP contribution is 2.41. The van der Waals surface area contributed by atoms with Crippen LogP contribution in [0.5, 0.6) is 0 Å². The molecular weight excluding hydrogens is 314 g/mol. The molecule has 0 amide bonds. The predicted molar refractivity (Wildman–Crippen MR) is 91.9 cm³/mol. The van der Waals surface area contributed by atoms with E-state index in [-0.39, 0.29) is 16.7 Å². The fraction of sp³-hybridized carbons (Fsp3) is 0.647. The van der Waals surface area contributed by atoms with Crippen LogP contribution in [0.15, 0.2) is 18.2 Å². The van der Waals surface area contributed by atoms with E-state index in [0.29, 0.717) is 10.9 Å². The Morgan fingerprint density at radius 3 is 2.57 bits per heavy atom. The molecule has 3 rings (SSSR count). The van der Waals surface area contributed by atoms with Gasteiger partial charge in [-0.1, -0.05) is 30.9 Å². The lowest BCUT2D eigenvalue weighted by molar-refractivity contribution is -0.385. The van der Waals surface area contributed by atoms with Crippen molar-refractivity contribution in [2.24, 2.45) is 5.92 Å². The number of nitrogens with zero attached hydrogens (tertiary/aromatic N) is 2. The molecule has 1 aliphatic carbocycles. The maximum Gasteiger partial charge on any atom is 0.269 e. The smallest absolute Gasteiger partial charge is 0.269 e. The SMILES string of the molecule is O=[N+]([O-])c1ccc(Cl)c([C@H](C2CCCCC2)N2CCNCC2)c1. The van der Waals surface area contributed by atoms with Crippen molar-refractivity contribution in [1.29, 1.82) is 0 Å². The summed E-state index contributed by atoms with van der Waals surface area (Å²) in [5.74, 6) is 0.543. The number of halogens is 1. The lowest BCUT2D eigenvalue weighted by atomic mass is 9.80. The number of nitro benzene ring substituents is 1. The van der Waals surface area contributed by atoms with Gasteiger partial charge in [0.25, 0.3) is 5.69 Å². The molecular formula is C17H24ClN3O2. The number of hydrogen-bond donors (Lipinski definition) is 1. The maximum atomic E-state index is 11.2. The second-order valence-corrected chi connectivity index (χ2v) is 7.00. The number of rotatable bonds is 4. The minimum absolute atomic E-state index is 0.139. The molecule has 1 saturated carbocycles. The first-order valence-corrected chi connectivity index (χ1v) is 8.93. The summed E-state index contributed by atoms with van der Waals surface area (Å²) < 4.78 is 0. The van der Waals surface area contributed by atoms with Crippen molar-refractivity contribution < 1.29 is 4.92 Å². The molecule has 0 unspecified atom stereocenters. The van der Waals surface area contributed by atoms with E-state index >= 15 is 0 Å². The van der Waals surface area contributed by atoms with E-state index in [2.05, 4.69) is 10.2 Å². The van der Waals surface area contributed by atoms with Gasteiger partial charge in [-0.25, -0.2) is 0 Å². The van der Waals surface area contributed by atoms with Crippen LogP contribution in [0.1, 0.15) is 43.7 Å². The summed E-state index contributed by atoms with van der Waals surface area (Å²) in [5.41, 5.74) is 1.08. The molecule has 1 heterocycles. The fourth-order valence-electron chi connectivity index (χ4n) is 4.03. The molecule has 1 aromatic rings. The minimum Gasteiger partial charge on any atom is -0.314 e. The standard InChI is InChI=1S/C17H24ClN3O2/c18-16-7-6-14(21(22)23)12-15(16)17(13-4-2-1-3-5-13)20-10-8-19-9-11-20/h6-7,12-13,17,19H,1-5,8-11H2/t17-/m0/s1. The zero-order chi connectivity index (χ0) is 16.2. The molecule has 0 radical (unpaired) electrons. The van der Waals surface area contributed by atoms with E-state index in [1.807, 2.05) is 0 Å². The summed E-state index contributed by atoms with van der Waals surface area (Å²) >= 11 is 6.47. The van der Waals surface area contributed by atoms with E-state index in [1.165, 1.54) is 38.2 Å². The summed E-state index contributed by atoms with van der Waals surface area (Å²) in [6.45, 7) is 3.88. The lowest BCUT2D eigenvalue weighted by Gasteiger charge is -2.41. The Morgan fingerprint density at radius 2 is 1.91 bits per heavy atom. The van der Waals surface area contributed by atoms with Gasteiger partial charge in [0.05, 0.1) is 4.92 Å². The third-order valence-electron chi connectivity index (χ3n) is 5.15. The van der Waals surface area contributed by atoms with Gasteiger partial charge >= 0.3 is 0 Å². The highest BCUT2D eigenvalue weighted by Gasteiger charge is 2.33. The van der Waals surface area contributed by atoms with E-state index < -0.39 is 0 Å². The van der Waals surface area contributed by atoms with Crippen LogP contribution >= 0.6 is 11.6 Å². The molecule has 2 fully saturated rings. The highest BCUT2D eigenvalue weighted by atomic mass is 35.5. The third-order valence-corrected chi connectivity index (χ3v) is 5.49. The Morgan fingerprint density at radius 1 is 1.22 bits per heavy atom. The number of piperazine rings is 1. The summed E-state index contributed by atoms with van der Waals surface area (Å²) in [5, 5.41) is 15.2. The van der Waals surface area contributed by atoms with Crippen molar-refractivity contribution in [3.8, 4) is 0 Å². The summed E-state index contributed by atoms with van der Waals surface area (Å²) in [6, 6.07) is 5.09. The lowest BCUT2D eigenvalue weighted by Crippen LogP contribution is -2.47. The van der Waals surface area contributed by atoms with Gasteiger partial charge in [0, 0.05) is 49.4 Å². The van der Waals surface area contributed by atoms with E-state index in [4.69, 9.17) is 11.6 Å². The topological polar surface area (TPSA) is 58.4 Å². The molecule has 126 valence electrons. The Kier molecular flexibility index (Phi) is 5.51. The third kappa shape index (κ3) is 3.84. The fourth-order valence-corrected chi connectivity index (χ4v) is 4.26. The van der Waals surface area contributed by atoms with Crippen molar-refractivity contribution in [3.05, 3.63) is 38.9 Å². The molecule has 0 aromatic heterocycles. The van der Waals surface area contributed by atoms with Crippen molar-refractivity contribution in [2.75, 3.05) is 26.2 Å². The van der Waals surface area contributed by atoms with Gasteiger partial charge in [0.2, 0.25) is 0 Å². The Balaban J connectivity index is 1.96. The first kappa shape index (κ1) is 16.7. The number of non-ortho nitro benzene ring substituents is 1. The monoisotopic (exact) mass is 337 g/mol. The molecule has 1 atom stereocenters. The van der Waals surface area contributed by atoms with Gasteiger partial charge in [-0.15, -0.1) is 0 Å². The van der Waals surface area contributed by atoms with Gasteiger partial charge in [0.1, 0.15) is 0 Å². The molecule has 0 spiro atoms. The average molecular weight is 338 g/mol. The Bertz CT molecular complexity index is 537. The Hall–Kier alpha value is -1.17. The normalized spacial score (nSPS) is 22.0. The summed E-state index contributed by atoms with van der Waals surface area (Å²) in [7, 11) is 0. The van der Waals surface area contributed by atoms with E-state index in [9.17, 15) is 10.1 Å². The van der Waals surface area contributed by atoms with Gasteiger partial charge in [-0.3, -0.25) is 15.0 Å². The van der Waals surface area contributed by atoms with E-state index in [1.54, 1.807) is 12.1 Å². The molecule has 6 heteroatoms. The quantitative estimate of drug-likeness (QED) is 0.671. The van der Waals surface area contributed by atoms with Crippen LogP contribution in [0.25, 0.3) is 0 Å². The van der Waals surface area contributed by atoms with Crippen molar-refractivity contribution >= 4 is 17.3 Å². The zero-order valence-electron chi connectivity index (χ0n) is 13.3. The first-order chi connectivity index (χ1) is 11.2.